The van der Waals surface area contributed by atoms with Gasteiger partial charge in [-0.1, -0.05) is 0 Å². The second-order valence-corrected chi connectivity index (χ2v) is 6.96. The molecule has 2 aromatic heterocycles. The number of piperidine rings is 1. The van der Waals surface area contributed by atoms with Crippen LogP contribution >= 0.6 is 0 Å². The fraction of sp³-hybridized carbons (Fsp3) is 0.421. The van der Waals surface area contributed by atoms with Crippen LogP contribution in [0.3, 0.4) is 0 Å². The SMILES string of the molecule is COc1cc2nc(NC3CCCN(c4cnn(C)c4)C3)nc(N)c2cc1OC. The fourth-order valence-corrected chi connectivity index (χ4v) is 3.63. The third-order valence-corrected chi connectivity index (χ3v) is 5.04. The Morgan fingerprint density at radius 2 is 1.96 bits per heavy atom. The summed E-state index contributed by atoms with van der Waals surface area (Å²) in [4.78, 5) is 11.4. The number of ether oxygens (including phenoxy) is 2. The first-order chi connectivity index (χ1) is 13.6. The highest BCUT2D eigenvalue weighted by Crippen LogP contribution is 2.33. The molecule has 4 rings (SSSR count). The van der Waals surface area contributed by atoms with Crippen molar-refractivity contribution in [2.24, 2.45) is 7.05 Å². The van der Waals surface area contributed by atoms with Gasteiger partial charge in [-0.05, 0) is 18.9 Å². The highest BCUT2D eigenvalue weighted by molar-refractivity contribution is 5.91. The molecule has 1 unspecified atom stereocenters. The summed E-state index contributed by atoms with van der Waals surface area (Å²) in [6.07, 6.45) is 6.06. The Hall–Kier alpha value is -3.23. The molecule has 1 saturated heterocycles. The van der Waals surface area contributed by atoms with Crippen LogP contribution in [0.1, 0.15) is 12.8 Å². The zero-order chi connectivity index (χ0) is 19.7. The number of aromatic nitrogens is 4. The van der Waals surface area contributed by atoms with Crippen molar-refractivity contribution in [1.29, 1.82) is 0 Å². The van der Waals surface area contributed by atoms with Crippen molar-refractivity contribution in [2.75, 3.05) is 43.3 Å². The molecule has 9 heteroatoms. The summed E-state index contributed by atoms with van der Waals surface area (Å²) in [6, 6.07) is 3.85. The predicted octanol–water partition coefficient (Wildman–Crippen LogP) is 2.04. The predicted molar refractivity (Wildman–Crippen MR) is 109 cm³/mol. The highest BCUT2D eigenvalue weighted by atomic mass is 16.5. The number of nitrogens with one attached hydrogen (secondary N) is 1. The van der Waals surface area contributed by atoms with Crippen LogP contribution in [-0.2, 0) is 7.05 Å². The summed E-state index contributed by atoms with van der Waals surface area (Å²) in [5.41, 5.74) is 8.03. The van der Waals surface area contributed by atoms with Crippen LogP contribution < -0.4 is 25.4 Å². The van der Waals surface area contributed by atoms with Crippen molar-refractivity contribution in [3.63, 3.8) is 0 Å². The summed E-state index contributed by atoms with van der Waals surface area (Å²) < 4.78 is 12.5. The topological polar surface area (TPSA) is 103 Å². The molecule has 1 atom stereocenters. The van der Waals surface area contributed by atoms with Crippen LogP contribution in [0.25, 0.3) is 10.9 Å². The van der Waals surface area contributed by atoms with Crippen LogP contribution in [0.5, 0.6) is 11.5 Å². The second kappa shape index (κ2) is 7.41. The van der Waals surface area contributed by atoms with Crippen LogP contribution in [0.4, 0.5) is 17.5 Å². The van der Waals surface area contributed by atoms with Crippen molar-refractivity contribution >= 4 is 28.4 Å². The molecule has 1 aliphatic heterocycles. The molecule has 0 radical (unpaired) electrons. The van der Waals surface area contributed by atoms with Crippen molar-refractivity contribution in [1.82, 2.24) is 19.7 Å². The number of nitrogens with zero attached hydrogens (tertiary/aromatic N) is 5. The van der Waals surface area contributed by atoms with Crippen molar-refractivity contribution in [3.05, 3.63) is 24.5 Å². The summed E-state index contributed by atoms with van der Waals surface area (Å²) in [6.45, 7) is 1.88. The van der Waals surface area contributed by atoms with E-state index in [0.29, 0.717) is 28.8 Å². The molecule has 28 heavy (non-hydrogen) atoms. The average Bonchev–Trinajstić information content (AvgIpc) is 3.13. The minimum atomic E-state index is 0.228. The minimum Gasteiger partial charge on any atom is -0.493 e. The van der Waals surface area contributed by atoms with E-state index in [4.69, 9.17) is 15.2 Å². The summed E-state index contributed by atoms with van der Waals surface area (Å²) in [5.74, 6) is 2.15. The molecule has 1 fully saturated rings. The number of aryl methyl sites for hydroxylation is 1. The lowest BCUT2D eigenvalue weighted by molar-refractivity contribution is 0.356. The molecular weight excluding hydrogens is 358 g/mol. The van der Waals surface area contributed by atoms with Gasteiger partial charge in [-0.3, -0.25) is 4.68 Å². The van der Waals surface area contributed by atoms with Gasteiger partial charge in [0, 0.05) is 43.8 Å². The molecule has 0 saturated carbocycles. The van der Waals surface area contributed by atoms with Crippen molar-refractivity contribution in [2.45, 2.75) is 18.9 Å². The molecule has 1 aliphatic rings. The molecular formula is C19H25N7O2. The molecule has 1 aromatic carbocycles. The maximum atomic E-state index is 6.19. The standard InChI is InChI=1S/C19H25N7O2/c1-25-11-13(9-21-25)26-6-4-5-12(10-26)22-19-23-15-8-17(28-3)16(27-2)7-14(15)18(20)24-19/h7-9,11-12H,4-6,10H2,1-3H3,(H3,20,22,23,24). The normalized spacial score (nSPS) is 17.0. The number of nitrogens with two attached hydrogens (primary N) is 1. The zero-order valence-corrected chi connectivity index (χ0v) is 16.3. The van der Waals surface area contributed by atoms with E-state index in [-0.39, 0.29) is 6.04 Å². The molecule has 0 bridgehead atoms. The van der Waals surface area contributed by atoms with E-state index in [1.54, 1.807) is 20.3 Å². The fourth-order valence-electron chi connectivity index (χ4n) is 3.63. The van der Waals surface area contributed by atoms with Gasteiger partial charge in [0.05, 0.1) is 31.6 Å². The van der Waals surface area contributed by atoms with E-state index in [0.717, 1.165) is 37.0 Å². The lowest BCUT2D eigenvalue weighted by atomic mass is 10.1. The Morgan fingerprint density at radius 3 is 2.68 bits per heavy atom. The van der Waals surface area contributed by atoms with Gasteiger partial charge in [-0.25, -0.2) is 4.98 Å². The lowest BCUT2D eigenvalue weighted by Crippen LogP contribution is -2.42. The van der Waals surface area contributed by atoms with Crippen LogP contribution in [0, 0.1) is 0 Å². The molecule has 3 N–H and O–H groups in total. The van der Waals surface area contributed by atoms with E-state index in [1.165, 1.54) is 0 Å². The Balaban J connectivity index is 1.57. The number of fused-ring (bicyclic) bond motifs is 1. The Morgan fingerprint density at radius 1 is 1.18 bits per heavy atom. The number of rotatable bonds is 5. The number of methoxy groups -OCH3 is 2. The van der Waals surface area contributed by atoms with E-state index >= 15 is 0 Å². The number of anilines is 3. The first kappa shape index (κ1) is 18.1. The summed E-state index contributed by atoms with van der Waals surface area (Å²) >= 11 is 0. The van der Waals surface area contributed by atoms with Crippen LogP contribution in [-0.4, -0.2) is 53.1 Å². The molecule has 0 amide bonds. The van der Waals surface area contributed by atoms with Gasteiger partial charge in [-0.15, -0.1) is 0 Å². The van der Waals surface area contributed by atoms with Gasteiger partial charge >= 0.3 is 0 Å². The van der Waals surface area contributed by atoms with Crippen LogP contribution in [0.2, 0.25) is 0 Å². The Labute approximate surface area is 163 Å². The Kier molecular flexibility index (Phi) is 4.81. The highest BCUT2D eigenvalue weighted by Gasteiger charge is 2.22. The van der Waals surface area contributed by atoms with Gasteiger partial charge in [0.2, 0.25) is 5.95 Å². The molecule has 9 nitrogen and oxygen atoms in total. The lowest BCUT2D eigenvalue weighted by Gasteiger charge is -2.33. The summed E-state index contributed by atoms with van der Waals surface area (Å²) in [5, 5.41) is 8.45. The zero-order valence-electron chi connectivity index (χ0n) is 16.3. The second-order valence-electron chi connectivity index (χ2n) is 6.96. The maximum Gasteiger partial charge on any atom is 0.225 e. The minimum absolute atomic E-state index is 0.228. The van der Waals surface area contributed by atoms with Gasteiger partial charge in [0.15, 0.2) is 11.5 Å². The number of nitrogen functional groups attached to an aromatic ring is 1. The largest absolute Gasteiger partial charge is 0.493 e. The van der Waals surface area contributed by atoms with E-state index in [2.05, 4.69) is 25.3 Å². The molecule has 0 aliphatic carbocycles. The van der Waals surface area contributed by atoms with Gasteiger partial charge < -0.3 is 25.4 Å². The molecule has 148 valence electrons. The van der Waals surface area contributed by atoms with Crippen molar-refractivity contribution in [3.8, 4) is 11.5 Å². The van der Waals surface area contributed by atoms with Gasteiger partial charge in [-0.2, -0.15) is 10.1 Å². The van der Waals surface area contributed by atoms with Gasteiger partial charge in [0.1, 0.15) is 5.82 Å². The average molecular weight is 383 g/mol. The van der Waals surface area contributed by atoms with E-state index in [1.807, 2.05) is 30.2 Å². The number of hydrogen-bond donors (Lipinski definition) is 2. The molecule has 0 spiro atoms. The van der Waals surface area contributed by atoms with Crippen LogP contribution in [0.15, 0.2) is 24.5 Å². The number of benzene rings is 1. The van der Waals surface area contributed by atoms with E-state index < -0.39 is 0 Å². The molecule has 3 heterocycles. The summed E-state index contributed by atoms with van der Waals surface area (Å²) in [7, 11) is 5.12. The third-order valence-electron chi connectivity index (χ3n) is 5.04. The smallest absolute Gasteiger partial charge is 0.225 e. The Bertz CT molecular complexity index is 988. The maximum absolute atomic E-state index is 6.19. The van der Waals surface area contributed by atoms with Crippen molar-refractivity contribution < 1.29 is 9.47 Å². The van der Waals surface area contributed by atoms with E-state index in [9.17, 15) is 0 Å². The monoisotopic (exact) mass is 383 g/mol. The third kappa shape index (κ3) is 3.47. The number of hydrogen-bond acceptors (Lipinski definition) is 8. The van der Waals surface area contributed by atoms with Gasteiger partial charge in [0.25, 0.3) is 0 Å². The first-order valence-electron chi connectivity index (χ1n) is 9.26. The first-order valence-corrected chi connectivity index (χ1v) is 9.26. The quantitative estimate of drug-likeness (QED) is 0.690. The molecule has 3 aromatic rings.